The Bertz CT molecular complexity index is 390. The van der Waals surface area contributed by atoms with Crippen LogP contribution < -0.4 is 0 Å². The predicted molar refractivity (Wildman–Crippen MR) is 83.2 cm³/mol. The molecule has 2 rings (SSSR count). The van der Waals surface area contributed by atoms with E-state index in [9.17, 15) is 5.11 Å². The summed E-state index contributed by atoms with van der Waals surface area (Å²) in [5, 5.41) is 10.2. The van der Waals surface area contributed by atoms with Crippen molar-refractivity contribution in [2.75, 3.05) is 13.6 Å². The molecule has 1 saturated carbocycles. The van der Waals surface area contributed by atoms with E-state index in [1.54, 1.807) is 0 Å². The van der Waals surface area contributed by atoms with Crippen LogP contribution in [0.5, 0.6) is 0 Å². The topological polar surface area (TPSA) is 23.5 Å². The highest BCUT2D eigenvalue weighted by Crippen LogP contribution is 2.24. The summed E-state index contributed by atoms with van der Waals surface area (Å²) in [5.74, 6) is 0. The van der Waals surface area contributed by atoms with Gasteiger partial charge in [0.05, 0.1) is 6.10 Å². The third-order valence-electron chi connectivity index (χ3n) is 4.19. The lowest BCUT2D eigenvalue weighted by Gasteiger charge is -2.31. The molecule has 19 heavy (non-hydrogen) atoms. The van der Waals surface area contributed by atoms with Crippen molar-refractivity contribution in [3.8, 4) is 0 Å². The van der Waals surface area contributed by atoms with E-state index < -0.39 is 0 Å². The molecule has 2 nitrogen and oxygen atoms in total. The summed E-state index contributed by atoms with van der Waals surface area (Å²) in [4.78, 5) is 2.43. The lowest BCUT2D eigenvalue weighted by Crippen LogP contribution is -2.34. The molecule has 1 atom stereocenters. The molecule has 1 aromatic rings. The lowest BCUT2D eigenvalue weighted by atomic mass is 9.94. The normalized spacial score (nSPS) is 18.7. The smallest absolute Gasteiger partial charge is 0.0802 e. The van der Waals surface area contributed by atoms with Crippen LogP contribution in [0.1, 0.15) is 50.2 Å². The Morgan fingerprint density at radius 2 is 2.05 bits per heavy atom. The molecule has 0 amide bonds. The fourth-order valence-electron chi connectivity index (χ4n) is 2.91. The molecule has 1 N–H and O–H groups in total. The first-order valence-electron chi connectivity index (χ1n) is 7.30. The maximum Gasteiger partial charge on any atom is 0.0802 e. The van der Waals surface area contributed by atoms with E-state index in [4.69, 9.17) is 0 Å². The maximum atomic E-state index is 10.2. The van der Waals surface area contributed by atoms with Crippen molar-refractivity contribution in [1.29, 1.82) is 0 Å². The number of rotatable bonds is 5. The zero-order valence-electron chi connectivity index (χ0n) is 11.7. The van der Waals surface area contributed by atoms with Gasteiger partial charge in [-0.25, -0.2) is 0 Å². The summed E-state index contributed by atoms with van der Waals surface area (Å²) >= 11 is 3.45. The van der Waals surface area contributed by atoms with Crippen molar-refractivity contribution < 1.29 is 5.11 Å². The molecule has 3 heteroatoms. The van der Waals surface area contributed by atoms with Crippen molar-refractivity contribution in [2.45, 2.75) is 50.7 Å². The van der Waals surface area contributed by atoms with Crippen molar-refractivity contribution in [3.63, 3.8) is 0 Å². The molecule has 0 aromatic heterocycles. The van der Waals surface area contributed by atoms with E-state index in [0.717, 1.165) is 29.0 Å². The molecule has 0 radical (unpaired) electrons. The molecule has 1 fully saturated rings. The van der Waals surface area contributed by atoms with Crippen molar-refractivity contribution in [1.82, 2.24) is 4.90 Å². The Morgan fingerprint density at radius 1 is 1.32 bits per heavy atom. The molecule has 1 aromatic carbocycles. The van der Waals surface area contributed by atoms with E-state index in [0.29, 0.717) is 0 Å². The van der Waals surface area contributed by atoms with Crippen LogP contribution in [0.4, 0.5) is 0 Å². The fourth-order valence-corrected chi connectivity index (χ4v) is 3.33. The molecule has 1 unspecified atom stereocenters. The summed E-state index contributed by atoms with van der Waals surface area (Å²) < 4.78 is 1.03. The highest BCUT2D eigenvalue weighted by atomic mass is 79.9. The van der Waals surface area contributed by atoms with Gasteiger partial charge in [-0.1, -0.05) is 47.3 Å². The van der Waals surface area contributed by atoms with Crippen molar-refractivity contribution >= 4 is 15.9 Å². The van der Waals surface area contributed by atoms with E-state index in [2.05, 4.69) is 27.9 Å². The second-order valence-corrected chi connectivity index (χ2v) is 6.55. The van der Waals surface area contributed by atoms with Crippen LogP contribution in [0.3, 0.4) is 0 Å². The predicted octanol–water partition coefficient (Wildman–Crippen LogP) is 4.14. The van der Waals surface area contributed by atoms with Crippen molar-refractivity contribution in [3.05, 3.63) is 34.3 Å². The zero-order chi connectivity index (χ0) is 13.7. The molecule has 0 saturated heterocycles. The lowest BCUT2D eigenvalue weighted by molar-refractivity contribution is 0.125. The van der Waals surface area contributed by atoms with Gasteiger partial charge in [0, 0.05) is 17.1 Å². The molecule has 1 aliphatic rings. The molecule has 1 aliphatic carbocycles. The summed E-state index contributed by atoms with van der Waals surface area (Å²) in [5.41, 5.74) is 1.01. The minimum absolute atomic E-state index is 0.358. The third kappa shape index (κ3) is 4.59. The van der Waals surface area contributed by atoms with Crippen LogP contribution in [0.25, 0.3) is 0 Å². The number of aliphatic hydroxyl groups is 1. The van der Waals surface area contributed by atoms with Crippen LogP contribution in [0.15, 0.2) is 28.7 Å². The molecular weight excluding hydrogens is 302 g/mol. The average molecular weight is 326 g/mol. The Balaban J connectivity index is 1.80. The van der Waals surface area contributed by atoms with Gasteiger partial charge in [0.1, 0.15) is 0 Å². The largest absolute Gasteiger partial charge is 0.388 e. The first kappa shape index (κ1) is 15.0. The first-order chi connectivity index (χ1) is 9.16. The number of aliphatic hydroxyl groups excluding tert-OH is 1. The summed E-state index contributed by atoms with van der Waals surface area (Å²) in [7, 11) is 2.20. The van der Waals surface area contributed by atoms with Gasteiger partial charge in [0.15, 0.2) is 0 Å². The van der Waals surface area contributed by atoms with Gasteiger partial charge < -0.3 is 10.0 Å². The average Bonchev–Trinajstić information content (AvgIpc) is 2.45. The molecule has 0 heterocycles. The SMILES string of the molecule is CN(CCC(O)c1cccc(Br)c1)C1CCCCC1. The Morgan fingerprint density at radius 3 is 2.74 bits per heavy atom. The van der Waals surface area contributed by atoms with Gasteiger partial charge in [-0.05, 0) is 44.0 Å². The summed E-state index contributed by atoms with van der Waals surface area (Å²) in [6.07, 6.45) is 7.22. The number of hydrogen-bond donors (Lipinski definition) is 1. The minimum atomic E-state index is -0.358. The zero-order valence-corrected chi connectivity index (χ0v) is 13.3. The fraction of sp³-hybridized carbons (Fsp3) is 0.625. The third-order valence-corrected chi connectivity index (χ3v) is 4.68. The van der Waals surface area contributed by atoms with Gasteiger partial charge in [-0.3, -0.25) is 0 Å². The Labute approximate surface area is 124 Å². The van der Waals surface area contributed by atoms with Gasteiger partial charge in [0.2, 0.25) is 0 Å². The van der Waals surface area contributed by atoms with E-state index >= 15 is 0 Å². The number of nitrogens with zero attached hydrogens (tertiary/aromatic N) is 1. The molecule has 106 valence electrons. The standard InChI is InChI=1S/C16H24BrNO/c1-18(15-8-3-2-4-9-15)11-10-16(19)13-6-5-7-14(17)12-13/h5-7,12,15-16,19H,2-4,8-11H2,1H3. The molecule has 0 aliphatic heterocycles. The second kappa shape index (κ2) is 7.41. The molecular formula is C16H24BrNO. The minimum Gasteiger partial charge on any atom is -0.388 e. The highest BCUT2D eigenvalue weighted by molar-refractivity contribution is 9.10. The van der Waals surface area contributed by atoms with Gasteiger partial charge in [-0.15, -0.1) is 0 Å². The highest BCUT2D eigenvalue weighted by Gasteiger charge is 2.18. The van der Waals surface area contributed by atoms with Gasteiger partial charge in [-0.2, -0.15) is 0 Å². The van der Waals surface area contributed by atoms with Crippen molar-refractivity contribution in [2.24, 2.45) is 0 Å². The van der Waals surface area contributed by atoms with Crippen LogP contribution in [-0.4, -0.2) is 29.6 Å². The van der Waals surface area contributed by atoms with E-state index in [1.807, 2.05) is 24.3 Å². The first-order valence-corrected chi connectivity index (χ1v) is 8.10. The Hall–Kier alpha value is -0.380. The number of benzene rings is 1. The van der Waals surface area contributed by atoms with Crippen LogP contribution in [0, 0.1) is 0 Å². The summed E-state index contributed by atoms with van der Waals surface area (Å²) in [6, 6.07) is 8.70. The van der Waals surface area contributed by atoms with Gasteiger partial charge in [0.25, 0.3) is 0 Å². The summed E-state index contributed by atoms with van der Waals surface area (Å²) in [6.45, 7) is 0.971. The van der Waals surface area contributed by atoms with Crippen LogP contribution in [0.2, 0.25) is 0 Å². The van der Waals surface area contributed by atoms with E-state index in [-0.39, 0.29) is 6.10 Å². The quantitative estimate of drug-likeness (QED) is 0.879. The number of hydrogen-bond acceptors (Lipinski definition) is 2. The van der Waals surface area contributed by atoms with E-state index in [1.165, 1.54) is 32.1 Å². The van der Waals surface area contributed by atoms with Crippen LogP contribution in [-0.2, 0) is 0 Å². The van der Waals surface area contributed by atoms with Crippen LogP contribution >= 0.6 is 15.9 Å². The Kier molecular flexibility index (Phi) is 5.86. The molecule has 0 spiro atoms. The number of halogens is 1. The van der Waals surface area contributed by atoms with Gasteiger partial charge >= 0.3 is 0 Å². The second-order valence-electron chi connectivity index (χ2n) is 5.63. The molecule has 0 bridgehead atoms. The maximum absolute atomic E-state index is 10.2. The monoisotopic (exact) mass is 325 g/mol.